The van der Waals surface area contributed by atoms with E-state index in [2.05, 4.69) is 19.8 Å². The maximum absolute atomic E-state index is 12.5. The van der Waals surface area contributed by atoms with Gasteiger partial charge in [-0.15, -0.1) is 0 Å². The van der Waals surface area contributed by atoms with Crippen LogP contribution < -0.4 is 4.90 Å². The fraction of sp³-hybridized carbons (Fsp3) is 0.308. The van der Waals surface area contributed by atoms with Crippen LogP contribution in [0, 0.1) is 0 Å². The number of carbonyl (C=O) groups is 2. The van der Waals surface area contributed by atoms with E-state index in [1.165, 1.54) is 4.90 Å². The third kappa shape index (κ3) is 4.67. The number of carbonyl (C=O) groups excluding carboxylic acids is 2. The van der Waals surface area contributed by atoms with Crippen molar-refractivity contribution < 1.29 is 9.59 Å². The fourth-order valence-corrected chi connectivity index (χ4v) is 4.62. The Morgan fingerprint density at radius 1 is 0.735 bits per heavy atom. The lowest BCUT2D eigenvalue weighted by molar-refractivity contribution is 0.0650. The van der Waals surface area contributed by atoms with Crippen LogP contribution in [0.2, 0.25) is 5.02 Å². The van der Waals surface area contributed by atoms with Crippen LogP contribution in [0.15, 0.2) is 60.9 Å². The number of rotatable bonds is 7. The highest BCUT2D eigenvalue weighted by atomic mass is 35.5. The number of anilines is 1. The number of nitrogens with zero attached hydrogens (tertiary/aromatic N) is 5. The predicted octanol–water partition coefficient (Wildman–Crippen LogP) is 4.00. The first-order chi connectivity index (χ1) is 16.6. The van der Waals surface area contributed by atoms with Crippen molar-refractivity contribution in [3.8, 4) is 11.1 Å². The molecule has 7 nitrogen and oxygen atoms in total. The van der Waals surface area contributed by atoms with Gasteiger partial charge >= 0.3 is 0 Å². The SMILES string of the molecule is O=C1c2ccccc2C(=O)N1CCCCN1CCN(c2ncc(-c3ccc(Cl)cc3)cn2)CC1. The summed E-state index contributed by atoms with van der Waals surface area (Å²) < 4.78 is 0. The van der Waals surface area contributed by atoms with Crippen LogP contribution >= 0.6 is 11.6 Å². The van der Waals surface area contributed by atoms with Crippen molar-refractivity contribution in [2.75, 3.05) is 44.2 Å². The van der Waals surface area contributed by atoms with Crippen molar-refractivity contribution >= 4 is 29.4 Å². The molecule has 0 saturated carbocycles. The van der Waals surface area contributed by atoms with Gasteiger partial charge in [0.05, 0.1) is 11.1 Å². The minimum atomic E-state index is -0.170. The Hall–Kier alpha value is -3.29. The van der Waals surface area contributed by atoms with E-state index in [1.807, 2.05) is 36.7 Å². The molecule has 2 aromatic carbocycles. The highest BCUT2D eigenvalue weighted by molar-refractivity contribution is 6.30. The molecule has 1 saturated heterocycles. The lowest BCUT2D eigenvalue weighted by atomic mass is 10.1. The lowest BCUT2D eigenvalue weighted by Gasteiger charge is -2.34. The van der Waals surface area contributed by atoms with E-state index in [-0.39, 0.29) is 11.8 Å². The Labute approximate surface area is 204 Å². The zero-order valence-corrected chi connectivity index (χ0v) is 19.6. The molecule has 3 aromatic rings. The number of amides is 2. The molecule has 1 aromatic heterocycles. The molecule has 0 N–H and O–H groups in total. The molecule has 0 atom stereocenters. The molecule has 2 aliphatic heterocycles. The lowest BCUT2D eigenvalue weighted by Crippen LogP contribution is -2.47. The number of imide groups is 1. The van der Waals surface area contributed by atoms with E-state index in [1.54, 1.807) is 24.3 Å². The van der Waals surface area contributed by atoms with Gasteiger partial charge in [-0.2, -0.15) is 0 Å². The number of halogens is 1. The van der Waals surface area contributed by atoms with Crippen LogP contribution in [0.1, 0.15) is 33.6 Å². The summed E-state index contributed by atoms with van der Waals surface area (Å²) in [6.45, 7) is 5.05. The number of aromatic nitrogens is 2. The number of unbranched alkanes of at least 4 members (excludes halogenated alkanes) is 1. The minimum absolute atomic E-state index is 0.170. The number of hydrogen-bond acceptors (Lipinski definition) is 6. The van der Waals surface area contributed by atoms with Gasteiger partial charge in [0.2, 0.25) is 5.95 Å². The molecule has 2 amide bonds. The Balaban J connectivity index is 1.06. The Bertz CT molecular complexity index is 1140. The second-order valence-corrected chi connectivity index (χ2v) is 9.06. The fourth-order valence-electron chi connectivity index (χ4n) is 4.49. The minimum Gasteiger partial charge on any atom is -0.338 e. The second kappa shape index (κ2) is 9.91. The number of hydrogen-bond donors (Lipinski definition) is 0. The van der Waals surface area contributed by atoms with Gasteiger partial charge in [0.25, 0.3) is 11.8 Å². The summed E-state index contributed by atoms with van der Waals surface area (Å²) in [5.74, 6) is 0.413. The van der Waals surface area contributed by atoms with Gasteiger partial charge in [-0.25, -0.2) is 9.97 Å². The van der Waals surface area contributed by atoms with Crippen molar-refractivity contribution in [1.29, 1.82) is 0 Å². The highest BCUT2D eigenvalue weighted by Gasteiger charge is 2.34. The van der Waals surface area contributed by atoms with Crippen molar-refractivity contribution in [1.82, 2.24) is 19.8 Å². The standard InChI is InChI=1S/C26H26ClN5O2/c27-21-9-7-19(8-10-21)20-17-28-26(29-18-20)31-15-13-30(14-16-31)11-3-4-12-32-24(33)22-5-1-2-6-23(22)25(32)34/h1-2,5-10,17-18H,3-4,11-16H2. The van der Waals surface area contributed by atoms with E-state index in [0.29, 0.717) is 22.7 Å². The molecule has 3 heterocycles. The Kier molecular flexibility index (Phi) is 6.56. The number of benzene rings is 2. The van der Waals surface area contributed by atoms with E-state index in [4.69, 9.17) is 11.6 Å². The predicted molar refractivity (Wildman–Crippen MR) is 132 cm³/mol. The van der Waals surface area contributed by atoms with Crippen molar-refractivity contribution in [3.63, 3.8) is 0 Å². The van der Waals surface area contributed by atoms with Crippen molar-refractivity contribution in [2.24, 2.45) is 0 Å². The number of piperazine rings is 1. The van der Waals surface area contributed by atoms with Gasteiger partial charge in [0.1, 0.15) is 0 Å². The first-order valence-corrected chi connectivity index (χ1v) is 12.0. The molecular weight excluding hydrogens is 450 g/mol. The van der Waals surface area contributed by atoms with E-state index >= 15 is 0 Å². The number of fused-ring (bicyclic) bond motifs is 1. The first kappa shape index (κ1) is 22.5. The molecule has 0 radical (unpaired) electrons. The van der Waals surface area contributed by atoms with Gasteiger partial charge in [-0.05, 0) is 49.2 Å². The van der Waals surface area contributed by atoms with Crippen LogP contribution in [0.3, 0.4) is 0 Å². The average molecular weight is 476 g/mol. The molecule has 8 heteroatoms. The smallest absolute Gasteiger partial charge is 0.261 e. The largest absolute Gasteiger partial charge is 0.338 e. The topological polar surface area (TPSA) is 69.6 Å². The molecule has 174 valence electrons. The third-order valence-electron chi connectivity index (χ3n) is 6.46. The summed E-state index contributed by atoms with van der Waals surface area (Å²) in [6, 6.07) is 14.7. The van der Waals surface area contributed by atoms with Crippen LogP contribution in [0.5, 0.6) is 0 Å². The maximum Gasteiger partial charge on any atom is 0.261 e. The van der Waals surface area contributed by atoms with E-state index in [9.17, 15) is 9.59 Å². The van der Waals surface area contributed by atoms with Crippen LogP contribution in [0.4, 0.5) is 5.95 Å². The van der Waals surface area contributed by atoms with Crippen LogP contribution in [0.25, 0.3) is 11.1 Å². The van der Waals surface area contributed by atoms with Gasteiger partial charge < -0.3 is 4.90 Å². The quantitative estimate of drug-likeness (QED) is 0.380. The Morgan fingerprint density at radius 2 is 1.32 bits per heavy atom. The summed E-state index contributed by atoms with van der Waals surface area (Å²) >= 11 is 5.97. The third-order valence-corrected chi connectivity index (χ3v) is 6.71. The normalized spacial score (nSPS) is 16.3. The van der Waals surface area contributed by atoms with Crippen LogP contribution in [-0.2, 0) is 0 Å². The maximum atomic E-state index is 12.5. The molecule has 0 bridgehead atoms. The zero-order valence-electron chi connectivity index (χ0n) is 18.9. The summed E-state index contributed by atoms with van der Waals surface area (Å²) in [7, 11) is 0. The van der Waals surface area contributed by atoms with E-state index < -0.39 is 0 Å². The van der Waals surface area contributed by atoms with Crippen molar-refractivity contribution in [3.05, 3.63) is 77.1 Å². The molecule has 1 fully saturated rings. The van der Waals surface area contributed by atoms with Gasteiger partial charge in [-0.1, -0.05) is 35.9 Å². The summed E-state index contributed by atoms with van der Waals surface area (Å²) in [6.07, 6.45) is 5.47. The molecule has 34 heavy (non-hydrogen) atoms. The Morgan fingerprint density at radius 3 is 1.94 bits per heavy atom. The molecular formula is C26H26ClN5O2. The molecule has 0 unspecified atom stereocenters. The summed E-state index contributed by atoms with van der Waals surface area (Å²) in [5.41, 5.74) is 3.05. The van der Waals surface area contributed by atoms with E-state index in [0.717, 1.165) is 62.6 Å². The van der Waals surface area contributed by atoms with Gasteiger partial charge in [-0.3, -0.25) is 19.4 Å². The second-order valence-electron chi connectivity index (χ2n) is 8.62. The molecule has 0 aliphatic carbocycles. The van der Waals surface area contributed by atoms with Gasteiger partial charge in [0.15, 0.2) is 0 Å². The van der Waals surface area contributed by atoms with Crippen LogP contribution in [-0.4, -0.2) is 70.9 Å². The zero-order chi connectivity index (χ0) is 23.5. The molecule has 5 rings (SSSR count). The first-order valence-electron chi connectivity index (χ1n) is 11.6. The molecule has 0 spiro atoms. The average Bonchev–Trinajstić information content (AvgIpc) is 3.12. The van der Waals surface area contributed by atoms with Gasteiger partial charge in [0, 0.05) is 55.7 Å². The summed E-state index contributed by atoms with van der Waals surface area (Å²) in [4.78, 5) is 40.1. The summed E-state index contributed by atoms with van der Waals surface area (Å²) in [5, 5.41) is 0.711. The highest BCUT2D eigenvalue weighted by Crippen LogP contribution is 2.23. The molecule has 2 aliphatic rings. The van der Waals surface area contributed by atoms with Crippen molar-refractivity contribution in [2.45, 2.75) is 12.8 Å². The monoisotopic (exact) mass is 475 g/mol.